The van der Waals surface area contributed by atoms with E-state index in [0.717, 1.165) is 16.7 Å². The van der Waals surface area contributed by atoms with Crippen LogP contribution in [0, 0.1) is 0 Å². The number of hydrogen-bond acceptors (Lipinski definition) is 3. The van der Waals surface area contributed by atoms with Gasteiger partial charge < -0.3 is 9.84 Å². The predicted octanol–water partition coefficient (Wildman–Crippen LogP) is 4.54. The van der Waals surface area contributed by atoms with Gasteiger partial charge in [0, 0.05) is 16.1 Å². The molecule has 3 nitrogen and oxygen atoms in total. The van der Waals surface area contributed by atoms with Gasteiger partial charge in [-0.25, -0.2) is 0 Å². The number of hydrogen-bond donors (Lipinski definition) is 1. The highest BCUT2D eigenvalue weighted by atomic mass is 35.5. The molecule has 108 valence electrons. The van der Waals surface area contributed by atoms with Crippen molar-refractivity contribution in [3.8, 4) is 22.6 Å². The van der Waals surface area contributed by atoms with Gasteiger partial charge >= 0.3 is 0 Å². The van der Waals surface area contributed by atoms with Crippen molar-refractivity contribution in [2.75, 3.05) is 0 Å². The number of phenols is 1. The molecule has 1 aliphatic rings. The van der Waals surface area contributed by atoms with E-state index in [9.17, 15) is 9.90 Å². The molecule has 0 fully saturated rings. The van der Waals surface area contributed by atoms with Gasteiger partial charge in [0.1, 0.15) is 22.7 Å². The summed E-state index contributed by atoms with van der Waals surface area (Å²) >= 11 is 6.11. The summed E-state index contributed by atoms with van der Waals surface area (Å²) in [5.41, 5.74) is 2.31. The predicted molar refractivity (Wildman–Crippen MR) is 82.2 cm³/mol. The first-order valence-electron chi connectivity index (χ1n) is 6.67. The molecule has 2 aromatic rings. The maximum Gasteiger partial charge on any atom is 0.167 e. The average Bonchev–Trinajstić information content (AvgIpc) is 2.36. The van der Waals surface area contributed by atoms with Gasteiger partial charge in [-0.3, -0.25) is 4.79 Å². The Morgan fingerprint density at radius 3 is 2.57 bits per heavy atom. The van der Waals surface area contributed by atoms with Crippen LogP contribution in [0.2, 0.25) is 5.02 Å². The zero-order chi connectivity index (χ0) is 15.4. The zero-order valence-electron chi connectivity index (χ0n) is 12.0. The fourth-order valence-corrected chi connectivity index (χ4v) is 2.98. The minimum atomic E-state index is -0.606. The van der Waals surface area contributed by atoms with E-state index in [1.54, 1.807) is 6.07 Å². The van der Waals surface area contributed by atoms with E-state index in [1.165, 1.54) is 13.0 Å². The summed E-state index contributed by atoms with van der Waals surface area (Å²) in [5, 5.41) is 10.6. The number of Topliss-reactive ketones (excluding diaryl/α,β-unsaturated/α-hetero) is 1. The van der Waals surface area contributed by atoms with E-state index in [4.69, 9.17) is 16.3 Å². The van der Waals surface area contributed by atoms with E-state index in [2.05, 4.69) is 0 Å². The summed E-state index contributed by atoms with van der Waals surface area (Å²) in [7, 11) is 0. The fourth-order valence-electron chi connectivity index (χ4n) is 2.81. The molecule has 3 rings (SSSR count). The van der Waals surface area contributed by atoms with Crippen molar-refractivity contribution in [1.29, 1.82) is 0 Å². The molecule has 0 unspecified atom stereocenters. The molecule has 1 N–H and O–H groups in total. The van der Waals surface area contributed by atoms with E-state index in [1.807, 2.05) is 32.0 Å². The van der Waals surface area contributed by atoms with E-state index in [0.29, 0.717) is 10.8 Å². The van der Waals surface area contributed by atoms with Gasteiger partial charge in [-0.05, 0) is 50.6 Å². The normalized spacial score (nSPS) is 14.9. The third-order valence-electron chi connectivity index (χ3n) is 3.77. The molecule has 21 heavy (non-hydrogen) atoms. The summed E-state index contributed by atoms with van der Waals surface area (Å²) in [4.78, 5) is 11.9. The number of carbonyl (C=O) groups excluding carboxylic acids is 1. The lowest BCUT2D eigenvalue weighted by Gasteiger charge is -2.36. The lowest BCUT2D eigenvalue weighted by Crippen LogP contribution is -2.30. The molecule has 1 aliphatic heterocycles. The molecule has 0 saturated heterocycles. The maximum atomic E-state index is 11.9. The summed E-state index contributed by atoms with van der Waals surface area (Å²) in [5.74, 6) is 0.121. The molecule has 0 aliphatic carbocycles. The first kappa shape index (κ1) is 14.0. The second-order valence-electron chi connectivity index (χ2n) is 5.69. The van der Waals surface area contributed by atoms with Crippen LogP contribution in [0.4, 0.5) is 0 Å². The zero-order valence-corrected chi connectivity index (χ0v) is 12.8. The lowest BCUT2D eigenvalue weighted by molar-refractivity contribution is 0.0940. The molecule has 0 aromatic heterocycles. The van der Waals surface area contributed by atoms with Gasteiger partial charge in [0.2, 0.25) is 0 Å². The largest absolute Gasteiger partial charge is 0.507 e. The number of aromatic hydroxyl groups is 1. The summed E-state index contributed by atoms with van der Waals surface area (Å²) in [6.45, 7) is 5.27. The highest BCUT2D eigenvalue weighted by Gasteiger charge is 2.35. The molecule has 0 spiro atoms. The van der Waals surface area contributed by atoms with Crippen LogP contribution in [0.25, 0.3) is 11.1 Å². The molecular weight excluding hydrogens is 288 g/mol. The Morgan fingerprint density at radius 2 is 1.90 bits per heavy atom. The van der Waals surface area contributed by atoms with Gasteiger partial charge in [0.05, 0.1) is 0 Å². The van der Waals surface area contributed by atoms with Crippen LogP contribution in [0.1, 0.15) is 36.7 Å². The average molecular weight is 303 g/mol. The van der Waals surface area contributed by atoms with Gasteiger partial charge in [-0.1, -0.05) is 17.7 Å². The standard InChI is InChI=1S/C17H15ClO3/c1-9(19)15-14(20)7-5-11-12-8-10(18)4-6-13(12)17(2,3)21-16(11)15/h4-8,20H,1-3H3. The molecule has 4 heteroatoms. The highest BCUT2D eigenvalue weighted by Crippen LogP contribution is 2.49. The summed E-state index contributed by atoms with van der Waals surface area (Å²) in [6, 6.07) is 8.88. The topological polar surface area (TPSA) is 46.5 Å². The Bertz CT molecular complexity index is 763. The summed E-state index contributed by atoms with van der Waals surface area (Å²) in [6.07, 6.45) is 0. The van der Waals surface area contributed by atoms with Crippen molar-refractivity contribution in [2.24, 2.45) is 0 Å². The Balaban J connectivity index is 2.39. The number of ketones is 1. The smallest absolute Gasteiger partial charge is 0.167 e. The van der Waals surface area contributed by atoms with Gasteiger partial charge in [0.25, 0.3) is 0 Å². The minimum absolute atomic E-state index is 0.0671. The molecule has 0 saturated carbocycles. The van der Waals surface area contributed by atoms with Crippen molar-refractivity contribution in [2.45, 2.75) is 26.4 Å². The molecular formula is C17H15ClO3. The second kappa shape index (κ2) is 4.50. The highest BCUT2D eigenvalue weighted by molar-refractivity contribution is 6.31. The van der Waals surface area contributed by atoms with Crippen LogP contribution in [0.15, 0.2) is 30.3 Å². The van der Waals surface area contributed by atoms with Crippen molar-refractivity contribution < 1.29 is 14.6 Å². The van der Waals surface area contributed by atoms with Crippen LogP contribution in [0.3, 0.4) is 0 Å². The molecule has 0 bridgehead atoms. The lowest BCUT2D eigenvalue weighted by atomic mass is 9.85. The SMILES string of the molecule is CC(=O)c1c(O)ccc2c1OC(C)(C)c1ccc(Cl)cc1-2. The van der Waals surface area contributed by atoms with Gasteiger partial charge in [-0.2, -0.15) is 0 Å². The molecule has 0 atom stereocenters. The molecule has 0 radical (unpaired) electrons. The fraction of sp³-hybridized carbons (Fsp3) is 0.235. The third-order valence-corrected chi connectivity index (χ3v) is 4.00. The van der Waals surface area contributed by atoms with Crippen LogP contribution in [0.5, 0.6) is 11.5 Å². The number of fused-ring (bicyclic) bond motifs is 3. The number of phenolic OH excluding ortho intramolecular Hbond substituents is 1. The third kappa shape index (κ3) is 2.09. The quantitative estimate of drug-likeness (QED) is 0.787. The van der Waals surface area contributed by atoms with E-state index < -0.39 is 5.60 Å². The van der Waals surface area contributed by atoms with Crippen LogP contribution >= 0.6 is 11.6 Å². The van der Waals surface area contributed by atoms with E-state index in [-0.39, 0.29) is 17.1 Å². The van der Waals surface area contributed by atoms with Crippen LogP contribution in [-0.2, 0) is 5.60 Å². The molecule has 1 heterocycles. The Kier molecular flexibility index (Phi) is 2.99. The Labute approximate surface area is 128 Å². The van der Waals surface area contributed by atoms with Crippen LogP contribution in [-0.4, -0.2) is 10.9 Å². The van der Waals surface area contributed by atoms with Gasteiger partial charge in [0.15, 0.2) is 5.78 Å². The minimum Gasteiger partial charge on any atom is -0.507 e. The number of ether oxygens (including phenoxy) is 1. The number of rotatable bonds is 1. The summed E-state index contributed by atoms with van der Waals surface area (Å²) < 4.78 is 6.03. The van der Waals surface area contributed by atoms with Crippen molar-refractivity contribution in [1.82, 2.24) is 0 Å². The Hall–Kier alpha value is -2.00. The monoisotopic (exact) mass is 302 g/mol. The van der Waals surface area contributed by atoms with Gasteiger partial charge in [-0.15, -0.1) is 0 Å². The second-order valence-corrected chi connectivity index (χ2v) is 6.13. The van der Waals surface area contributed by atoms with Crippen molar-refractivity contribution >= 4 is 17.4 Å². The van der Waals surface area contributed by atoms with Crippen LogP contribution < -0.4 is 4.74 Å². The van der Waals surface area contributed by atoms with Crippen molar-refractivity contribution in [3.05, 3.63) is 46.5 Å². The number of halogens is 1. The van der Waals surface area contributed by atoms with Crippen molar-refractivity contribution in [3.63, 3.8) is 0 Å². The number of carbonyl (C=O) groups is 1. The van der Waals surface area contributed by atoms with E-state index >= 15 is 0 Å². The Morgan fingerprint density at radius 1 is 1.19 bits per heavy atom. The first-order chi connectivity index (χ1) is 9.81. The maximum absolute atomic E-state index is 11.9. The number of benzene rings is 2. The first-order valence-corrected chi connectivity index (χ1v) is 7.05. The molecule has 2 aromatic carbocycles. The molecule has 0 amide bonds.